The second-order valence-electron chi connectivity index (χ2n) is 27.6. The summed E-state index contributed by atoms with van der Waals surface area (Å²) in [4.78, 5) is 4.74. The predicted molar refractivity (Wildman–Crippen MR) is 398 cm³/mol. The molecule has 7 nitrogen and oxygen atoms in total. The fraction of sp³-hybridized carbons (Fsp3) is 0.0667. The molecule has 0 saturated heterocycles. The quantitative estimate of drug-likeness (QED) is 0.150. The second kappa shape index (κ2) is 19.6. The average molecular weight is 1250 g/mol. The zero-order valence-electron chi connectivity index (χ0n) is 53.5. The highest BCUT2D eigenvalue weighted by molar-refractivity contribution is 6.19. The van der Waals surface area contributed by atoms with E-state index in [0.29, 0.717) is 0 Å². The van der Waals surface area contributed by atoms with Crippen molar-refractivity contribution in [2.45, 2.75) is 38.5 Å². The molecular formula is C90H58N2O5. The summed E-state index contributed by atoms with van der Waals surface area (Å²) in [6.07, 6.45) is 0. The van der Waals surface area contributed by atoms with E-state index in [1.165, 1.54) is 44.5 Å². The molecule has 7 heteroatoms. The molecule has 0 saturated carbocycles. The Hall–Kier alpha value is -12.3. The molecule has 14 aromatic carbocycles. The number of anilines is 6. The Balaban J connectivity index is 0.656. The Labute approximate surface area is 556 Å². The van der Waals surface area contributed by atoms with Gasteiger partial charge >= 0.3 is 0 Å². The molecule has 0 bridgehead atoms. The normalized spacial score (nSPS) is 13.7. The van der Waals surface area contributed by atoms with E-state index < -0.39 is 0 Å². The SMILES string of the molecule is CC1(C)c2ccccc2-c2ccc(N(c3ccc4cc(-c5cc6ccccc6o5)ccc4c3)c3ccc4c(c3)oc3cc5c(cc34)oc3cc4c(cc35)oc3cc(N(c5ccc6c(c5)C(C)(C)c5ccccc5-6)c5ccc6cc(-c7cc8ccccc8o7)ccc6c5)ccc34)cc21. The fourth-order valence-corrected chi connectivity index (χ4v) is 16.4. The molecule has 0 aliphatic heterocycles. The molecule has 0 radical (unpaired) electrons. The molecule has 0 fully saturated rings. The molecule has 19 aromatic rings. The van der Waals surface area contributed by atoms with E-state index in [2.05, 4.69) is 280 Å². The maximum Gasteiger partial charge on any atom is 0.137 e. The van der Waals surface area contributed by atoms with Crippen molar-refractivity contribution in [3.63, 3.8) is 0 Å². The molecule has 2 aliphatic carbocycles. The van der Waals surface area contributed by atoms with Crippen LogP contribution >= 0.6 is 0 Å². The molecule has 0 N–H and O–H groups in total. The maximum absolute atomic E-state index is 6.98. The van der Waals surface area contributed by atoms with Crippen molar-refractivity contribution in [3.05, 3.63) is 301 Å². The van der Waals surface area contributed by atoms with Gasteiger partial charge in [-0.3, -0.25) is 0 Å². The van der Waals surface area contributed by atoms with Gasteiger partial charge in [0.25, 0.3) is 0 Å². The Morgan fingerprint density at radius 3 is 0.990 bits per heavy atom. The van der Waals surface area contributed by atoms with Crippen LogP contribution in [-0.2, 0) is 10.8 Å². The lowest BCUT2D eigenvalue weighted by Gasteiger charge is -2.28. The summed E-state index contributed by atoms with van der Waals surface area (Å²) >= 11 is 0. The Morgan fingerprint density at radius 2 is 0.546 bits per heavy atom. The lowest BCUT2D eigenvalue weighted by Crippen LogP contribution is -2.16. The summed E-state index contributed by atoms with van der Waals surface area (Å²) < 4.78 is 33.5. The van der Waals surface area contributed by atoms with Gasteiger partial charge in [0.1, 0.15) is 56.2 Å². The van der Waals surface area contributed by atoms with Crippen molar-refractivity contribution in [1.82, 2.24) is 0 Å². The fourth-order valence-electron chi connectivity index (χ4n) is 16.4. The molecule has 0 spiro atoms. The van der Waals surface area contributed by atoms with Gasteiger partial charge in [-0.15, -0.1) is 0 Å². The van der Waals surface area contributed by atoms with Crippen molar-refractivity contribution in [2.24, 2.45) is 0 Å². The van der Waals surface area contributed by atoms with Gasteiger partial charge in [-0.2, -0.15) is 0 Å². The zero-order valence-corrected chi connectivity index (χ0v) is 53.5. The standard InChI is InChI=1S/C90H58N2O5/c1-89(2)75-17-9-7-15-65(75)67-33-29-61(43-77(67)89)91(59-27-25-51-37-57(23-21-53(51)39-59)81-41-55-13-5-11-19-79(55)93-81)63-31-35-69-71-47-87-73(49-85(71)95-83(69)45-63)74-50-86-72(48-88(74)97-87)70-36-32-64(46-84(70)96-86)92(62-30-34-68-66-16-8-10-18-76(66)90(3,4)78(68)44-62)60-28-26-52-38-58(24-22-54(52)40-60)82-42-56-14-6-12-20-80(56)94-82/h5-50H,1-4H3. The largest absolute Gasteiger partial charge is 0.456 e. The number of furan rings is 5. The molecule has 97 heavy (non-hydrogen) atoms. The first-order valence-corrected chi connectivity index (χ1v) is 33.3. The minimum atomic E-state index is -0.185. The molecular weight excluding hydrogens is 1190 g/mol. The molecule has 0 amide bonds. The van der Waals surface area contributed by atoms with Crippen molar-refractivity contribution >= 4 is 143 Å². The van der Waals surface area contributed by atoms with Crippen LogP contribution in [0.25, 0.3) is 154 Å². The second-order valence-corrected chi connectivity index (χ2v) is 27.6. The molecule has 5 aromatic heterocycles. The number of fused-ring (bicyclic) bond motifs is 19. The van der Waals surface area contributed by atoms with Gasteiger partial charge < -0.3 is 31.9 Å². The molecule has 2 aliphatic rings. The van der Waals surface area contributed by atoms with Gasteiger partial charge in [0.15, 0.2) is 0 Å². The minimum absolute atomic E-state index is 0.185. The third-order valence-corrected chi connectivity index (χ3v) is 21.4. The molecule has 21 rings (SSSR count). The number of para-hydroxylation sites is 2. The number of nitrogens with zero attached hydrogens (tertiary/aromatic N) is 2. The van der Waals surface area contributed by atoms with Gasteiger partial charge in [-0.05, 0) is 200 Å². The lowest BCUT2D eigenvalue weighted by molar-refractivity contribution is 0.631. The number of hydrogen-bond acceptors (Lipinski definition) is 7. The van der Waals surface area contributed by atoms with E-state index in [0.717, 1.165) is 166 Å². The van der Waals surface area contributed by atoms with E-state index in [9.17, 15) is 0 Å². The summed E-state index contributed by atoms with van der Waals surface area (Å²) in [7, 11) is 0. The van der Waals surface area contributed by atoms with Crippen molar-refractivity contribution in [1.29, 1.82) is 0 Å². The van der Waals surface area contributed by atoms with Crippen LogP contribution < -0.4 is 9.80 Å². The average Bonchev–Trinajstić information content (AvgIpc) is 1.58. The molecule has 0 atom stereocenters. The van der Waals surface area contributed by atoms with Crippen LogP contribution in [-0.4, -0.2) is 0 Å². The van der Waals surface area contributed by atoms with Gasteiger partial charge in [0, 0.05) is 111 Å². The van der Waals surface area contributed by atoms with Crippen molar-refractivity contribution in [2.75, 3.05) is 9.80 Å². The van der Waals surface area contributed by atoms with Crippen LogP contribution in [0.2, 0.25) is 0 Å². The van der Waals surface area contributed by atoms with E-state index in [-0.39, 0.29) is 10.8 Å². The first kappa shape index (κ1) is 54.1. The van der Waals surface area contributed by atoms with Crippen LogP contribution in [0.15, 0.2) is 301 Å². The highest BCUT2D eigenvalue weighted by atomic mass is 16.4. The first-order chi connectivity index (χ1) is 47.5. The third kappa shape index (κ3) is 8.03. The summed E-state index contributed by atoms with van der Waals surface area (Å²) in [6, 6.07) is 101. The smallest absolute Gasteiger partial charge is 0.137 e. The van der Waals surface area contributed by atoms with E-state index in [1.807, 2.05) is 36.4 Å². The van der Waals surface area contributed by atoms with E-state index in [1.54, 1.807) is 0 Å². The highest BCUT2D eigenvalue weighted by Gasteiger charge is 2.38. The number of hydrogen-bond donors (Lipinski definition) is 0. The number of rotatable bonds is 8. The van der Waals surface area contributed by atoms with Crippen LogP contribution in [0.4, 0.5) is 34.1 Å². The van der Waals surface area contributed by atoms with Crippen LogP contribution in [0.5, 0.6) is 0 Å². The topological polar surface area (TPSA) is 72.2 Å². The molecule has 0 unspecified atom stereocenters. The minimum Gasteiger partial charge on any atom is -0.456 e. The highest BCUT2D eigenvalue weighted by Crippen LogP contribution is 2.54. The molecule has 5 heterocycles. The molecule has 458 valence electrons. The summed E-state index contributed by atoms with van der Waals surface area (Å²) in [5.74, 6) is 1.71. The van der Waals surface area contributed by atoms with Crippen molar-refractivity contribution < 1.29 is 22.1 Å². The summed E-state index contributed by atoms with van der Waals surface area (Å²) in [6.45, 7) is 9.36. The van der Waals surface area contributed by atoms with Gasteiger partial charge in [-0.25, -0.2) is 0 Å². The van der Waals surface area contributed by atoms with Crippen LogP contribution in [0.3, 0.4) is 0 Å². The van der Waals surface area contributed by atoms with Crippen LogP contribution in [0.1, 0.15) is 49.9 Å². The maximum atomic E-state index is 6.98. The van der Waals surface area contributed by atoms with E-state index >= 15 is 0 Å². The van der Waals surface area contributed by atoms with Gasteiger partial charge in [0.2, 0.25) is 0 Å². The summed E-state index contributed by atoms with van der Waals surface area (Å²) in [5.41, 5.74) is 24.8. The Morgan fingerprint density at radius 1 is 0.216 bits per heavy atom. The van der Waals surface area contributed by atoms with Crippen molar-refractivity contribution in [3.8, 4) is 44.9 Å². The zero-order chi connectivity index (χ0) is 64.2. The van der Waals surface area contributed by atoms with Gasteiger partial charge in [0.05, 0.1) is 0 Å². The summed E-state index contributed by atoms with van der Waals surface area (Å²) in [5, 5.41) is 12.6. The predicted octanol–water partition coefficient (Wildman–Crippen LogP) is 26.1. The Kier molecular flexibility index (Phi) is 11.0. The van der Waals surface area contributed by atoms with E-state index in [4.69, 9.17) is 22.1 Å². The lowest BCUT2D eigenvalue weighted by atomic mass is 9.82. The first-order valence-electron chi connectivity index (χ1n) is 33.3. The Bertz CT molecular complexity index is 6160. The van der Waals surface area contributed by atoms with Gasteiger partial charge in [-0.1, -0.05) is 161 Å². The van der Waals surface area contributed by atoms with Crippen LogP contribution in [0, 0.1) is 0 Å². The third-order valence-electron chi connectivity index (χ3n) is 21.4. The monoisotopic (exact) mass is 1250 g/mol. The number of benzene rings is 14.